The third kappa shape index (κ3) is 2.48. The van der Waals surface area contributed by atoms with E-state index >= 15 is 0 Å². The number of nitrogens with zero attached hydrogens (tertiary/aromatic N) is 2. The number of benzene rings is 1. The molecule has 7 nitrogen and oxygen atoms in total. The molecule has 0 fully saturated rings. The lowest BCUT2D eigenvalue weighted by atomic mass is 10.2. The lowest BCUT2D eigenvalue weighted by molar-refractivity contribution is -0.384. The van der Waals surface area contributed by atoms with E-state index in [9.17, 15) is 19.7 Å². The lowest BCUT2D eigenvalue weighted by Gasteiger charge is -2.05. The van der Waals surface area contributed by atoms with Gasteiger partial charge < -0.3 is 4.52 Å². The van der Waals surface area contributed by atoms with Crippen LogP contribution in [0.2, 0.25) is 5.02 Å². The summed E-state index contributed by atoms with van der Waals surface area (Å²) in [6.45, 7) is 1.76. The molecule has 0 unspecified atom stereocenters. The standard InChI is InChI=1S/C12H9ClN2O5/c1-2-7-6-11(16)20-14(7)12(17)9-4-3-8(15(18)19)5-10(9)13/h3-6H,2H2,1H3. The molecule has 2 aromatic rings. The molecule has 0 bridgehead atoms. The fourth-order valence-electron chi connectivity index (χ4n) is 1.69. The summed E-state index contributed by atoms with van der Waals surface area (Å²) in [6.07, 6.45) is 0.419. The average molecular weight is 297 g/mol. The van der Waals surface area contributed by atoms with Crippen LogP contribution in [0.5, 0.6) is 0 Å². The maximum absolute atomic E-state index is 12.2. The Hall–Kier alpha value is -2.41. The summed E-state index contributed by atoms with van der Waals surface area (Å²) < 4.78 is 5.62. The Bertz CT molecular complexity index is 747. The molecule has 2 rings (SSSR count). The quantitative estimate of drug-likeness (QED) is 0.639. The molecular weight excluding hydrogens is 288 g/mol. The zero-order chi connectivity index (χ0) is 14.9. The van der Waals surface area contributed by atoms with Crippen molar-refractivity contribution in [2.75, 3.05) is 0 Å². The van der Waals surface area contributed by atoms with Crippen molar-refractivity contribution in [1.82, 2.24) is 4.74 Å². The fraction of sp³-hybridized carbons (Fsp3) is 0.167. The van der Waals surface area contributed by atoms with Crippen molar-refractivity contribution in [3.63, 3.8) is 0 Å². The summed E-state index contributed by atoms with van der Waals surface area (Å²) in [7, 11) is 0. The minimum absolute atomic E-state index is 0.0197. The van der Waals surface area contributed by atoms with E-state index in [2.05, 4.69) is 0 Å². The number of non-ortho nitro benzene ring substituents is 1. The van der Waals surface area contributed by atoms with Gasteiger partial charge in [0.25, 0.3) is 11.6 Å². The van der Waals surface area contributed by atoms with Crippen molar-refractivity contribution < 1.29 is 14.2 Å². The molecule has 0 aliphatic rings. The van der Waals surface area contributed by atoms with Gasteiger partial charge in [0.05, 0.1) is 21.2 Å². The molecule has 0 saturated heterocycles. The number of hydrogen-bond acceptors (Lipinski definition) is 5. The Morgan fingerprint density at radius 2 is 2.15 bits per heavy atom. The highest BCUT2D eigenvalue weighted by Gasteiger charge is 2.20. The summed E-state index contributed by atoms with van der Waals surface area (Å²) >= 11 is 5.86. The number of aromatic nitrogens is 1. The SMILES string of the molecule is CCc1cc(=O)on1C(=O)c1ccc([N+](=O)[O-])cc1Cl. The van der Waals surface area contributed by atoms with Gasteiger partial charge >= 0.3 is 5.63 Å². The molecule has 1 heterocycles. The van der Waals surface area contributed by atoms with E-state index in [1.807, 2.05) is 0 Å². The summed E-state index contributed by atoms with van der Waals surface area (Å²) in [4.78, 5) is 33.4. The number of halogens is 1. The molecule has 0 spiro atoms. The fourth-order valence-corrected chi connectivity index (χ4v) is 1.94. The Kier molecular flexibility index (Phi) is 3.71. The van der Waals surface area contributed by atoms with Crippen LogP contribution in [0.25, 0.3) is 0 Å². The smallest absolute Gasteiger partial charge is 0.328 e. The second-order valence-corrected chi connectivity index (χ2v) is 4.33. The van der Waals surface area contributed by atoms with Gasteiger partial charge in [-0.1, -0.05) is 18.5 Å². The first-order chi connectivity index (χ1) is 9.43. The van der Waals surface area contributed by atoms with Crippen LogP contribution < -0.4 is 5.63 Å². The molecule has 0 saturated carbocycles. The van der Waals surface area contributed by atoms with E-state index in [0.29, 0.717) is 12.1 Å². The number of aryl methyl sites for hydroxylation is 1. The summed E-state index contributed by atoms with van der Waals surface area (Å²) in [5.41, 5.74) is -0.454. The van der Waals surface area contributed by atoms with Gasteiger partial charge in [0.1, 0.15) is 0 Å². The zero-order valence-corrected chi connectivity index (χ0v) is 11.1. The van der Waals surface area contributed by atoms with Crippen LogP contribution >= 0.6 is 11.6 Å². The Morgan fingerprint density at radius 3 is 2.70 bits per heavy atom. The molecule has 0 atom stereocenters. The highest BCUT2D eigenvalue weighted by atomic mass is 35.5. The van der Waals surface area contributed by atoms with Gasteiger partial charge in [0.15, 0.2) is 0 Å². The number of nitro groups is 1. The molecule has 0 N–H and O–H groups in total. The predicted molar refractivity (Wildman–Crippen MR) is 70.2 cm³/mol. The average Bonchev–Trinajstić information content (AvgIpc) is 2.79. The molecule has 20 heavy (non-hydrogen) atoms. The van der Waals surface area contributed by atoms with E-state index in [-0.39, 0.29) is 16.3 Å². The van der Waals surface area contributed by atoms with Crippen LogP contribution in [-0.2, 0) is 6.42 Å². The van der Waals surface area contributed by atoms with Crippen molar-refractivity contribution in [2.45, 2.75) is 13.3 Å². The van der Waals surface area contributed by atoms with Gasteiger partial charge in [0.2, 0.25) is 0 Å². The van der Waals surface area contributed by atoms with Gasteiger partial charge in [-0.3, -0.25) is 14.9 Å². The van der Waals surface area contributed by atoms with Crippen molar-refractivity contribution in [1.29, 1.82) is 0 Å². The lowest BCUT2D eigenvalue weighted by Crippen LogP contribution is -2.14. The third-order valence-electron chi connectivity index (χ3n) is 2.67. The number of hydrogen-bond donors (Lipinski definition) is 0. The first-order valence-electron chi connectivity index (χ1n) is 5.65. The molecule has 0 aliphatic carbocycles. The zero-order valence-electron chi connectivity index (χ0n) is 10.3. The number of nitro benzene ring substituents is 1. The van der Waals surface area contributed by atoms with Crippen LogP contribution in [0.1, 0.15) is 23.0 Å². The highest BCUT2D eigenvalue weighted by Crippen LogP contribution is 2.23. The number of carbonyl (C=O) groups is 1. The summed E-state index contributed by atoms with van der Waals surface area (Å²) in [5.74, 6) is -0.649. The molecule has 1 aromatic heterocycles. The predicted octanol–water partition coefficient (Wildman–Crippen LogP) is 2.25. The first kappa shape index (κ1) is 14.0. The van der Waals surface area contributed by atoms with Gasteiger partial charge in [-0.2, -0.15) is 0 Å². The van der Waals surface area contributed by atoms with E-state index in [1.54, 1.807) is 6.92 Å². The van der Waals surface area contributed by atoms with Gasteiger partial charge in [-0.15, -0.1) is 4.74 Å². The van der Waals surface area contributed by atoms with Crippen LogP contribution in [-0.4, -0.2) is 15.6 Å². The van der Waals surface area contributed by atoms with Crippen LogP contribution in [0.3, 0.4) is 0 Å². The van der Waals surface area contributed by atoms with Crippen LogP contribution in [0.15, 0.2) is 33.6 Å². The maximum atomic E-state index is 12.2. The number of rotatable bonds is 3. The molecular formula is C12H9ClN2O5. The Balaban J connectivity index is 2.48. The Labute approximate surface area is 117 Å². The molecule has 0 aliphatic heterocycles. The van der Waals surface area contributed by atoms with Crippen LogP contribution in [0.4, 0.5) is 5.69 Å². The van der Waals surface area contributed by atoms with Crippen molar-refractivity contribution in [3.8, 4) is 0 Å². The topological polar surface area (TPSA) is 95.3 Å². The van der Waals surface area contributed by atoms with E-state index in [4.69, 9.17) is 16.1 Å². The van der Waals surface area contributed by atoms with Gasteiger partial charge in [-0.25, -0.2) is 4.79 Å². The summed E-state index contributed by atoms with van der Waals surface area (Å²) in [6, 6.07) is 4.66. The van der Waals surface area contributed by atoms with Crippen molar-refractivity contribution in [2.24, 2.45) is 0 Å². The minimum Gasteiger partial charge on any atom is -0.328 e. The normalized spacial score (nSPS) is 10.5. The van der Waals surface area contributed by atoms with E-state index in [1.165, 1.54) is 12.1 Å². The van der Waals surface area contributed by atoms with Crippen LogP contribution in [0, 0.1) is 10.1 Å². The first-order valence-corrected chi connectivity index (χ1v) is 6.02. The molecule has 0 amide bonds. The second kappa shape index (κ2) is 5.30. The highest BCUT2D eigenvalue weighted by molar-refractivity contribution is 6.34. The Morgan fingerprint density at radius 1 is 1.45 bits per heavy atom. The molecule has 1 aromatic carbocycles. The monoisotopic (exact) mass is 296 g/mol. The molecule has 0 radical (unpaired) electrons. The third-order valence-corrected chi connectivity index (χ3v) is 2.98. The van der Waals surface area contributed by atoms with Gasteiger partial charge in [-0.05, 0) is 12.5 Å². The second-order valence-electron chi connectivity index (χ2n) is 3.92. The maximum Gasteiger partial charge on any atom is 0.358 e. The summed E-state index contributed by atoms with van der Waals surface area (Å²) in [5, 5.41) is 10.5. The van der Waals surface area contributed by atoms with Crippen molar-refractivity contribution >= 4 is 23.2 Å². The largest absolute Gasteiger partial charge is 0.358 e. The van der Waals surface area contributed by atoms with Gasteiger partial charge in [0, 0.05) is 18.2 Å². The number of carbonyl (C=O) groups excluding carboxylic acids is 1. The molecule has 8 heteroatoms. The van der Waals surface area contributed by atoms with E-state index in [0.717, 1.165) is 16.9 Å². The minimum atomic E-state index is -0.649. The molecule has 104 valence electrons. The van der Waals surface area contributed by atoms with Crippen molar-refractivity contribution in [3.05, 3.63) is 61.1 Å². The van der Waals surface area contributed by atoms with E-state index < -0.39 is 16.5 Å².